The molecule has 0 saturated heterocycles. The Labute approximate surface area is 206 Å². The number of nitrogens with one attached hydrogen (secondary N) is 2. The van der Waals surface area contributed by atoms with Crippen LogP contribution in [-0.4, -0.2) is 21.1 Å². The van der Waals surface area contributed by atoms with Gasteiger partial charge in [0.25, 0.3) is 5.91 Å². The van der Waals surface area contributed by atoms with Gasteiger partial charge in [0.05, 0.1) is 10.6 Å². The molecule has 0 radical (unpaired) electrons. The molecule has 10 heteroatoms. The highest BCUT2D eigenvalue weighted by Crippen LogP contribution is 2.37. The number of fused-ring (bicyclic) bond motifs is 2. The first-order valence-electron chi connectivity index (χ1n) is 9.58. The van der Waals surface area contributed by atoms with Gasteiger partial charge in [0.1, 0.15) is 16.1 Å². The number of para-hydroxylation sites is 2. The lowest BCUT2D eigenvalue weighted by Gasteiger charge is -2.10. The highest BCUT2D eigenvalue weighted by atomic mass is 35.5. The summed E-state index contributed by atoms with van der Waals surface area (Å²) >= 11 is 18.9. The first-order chi connectivity index (χ1) is 15.9. The molecule has 5 aromatic rings. The number of anilines is 1. The number of thiocarbonyl (C=S) groups is 1. The topological polar surface area (TPSA) is 87.4 Å². The number of phenols is 1. The SMILES string of the molecule is O=C(NC(=S)Nc1ccc(O)c(-c2nc3ccccc3o2)c1)c1sc2cc(Cl)ccc2c1Cl. The summed E-state index contributed by atoms with van der Waals surface area (Å²) in [6.45, 7) is 0. The van der Waals surface area contributed by atoms with Crippen molar-refractivity contribution in [3.05, 3.63) is 75.6 Å². The first kappa shape index (κ1) is 21.7. The summed E-state index contributed by atoms with van der Waals surface area (Å²) in [7, 11) is 0. The molecule has 0 atom stereocenters. The van der Waals surface area contributed by atoms with E-state index >= 15 is 0 Å². The highest BCUT2D eigenvalue weighted by molar-refractivity contribution is 7.80. The fourth-order valence-electron chi connectivity index (χ4n) is 3.28. The van der Waals surface area contributed by atoms with E-state index in [0.29, 0.717) is 37.3 Å². The third-order valence-electron chi connectivity index (χ3n) is 4.80. The summed E-state index contributed by atoms with van der Waals surface area (Å²) < 4.78 is 6.55. The molecule has 0 aliphatic heterocycles. The van der Waals surface area contributed by atoms with E-state index in [1.54, 1.807) is 36.4 Å². The summed E-state index contributed by atoms with van der Waals surface area (Å²) in [5.74, 6) is -0.173. The molecule has 1 amide bonds. The average molecular weight is 514 g/mol. The van der Waals surface area contributed by atoms with Gasteiger partial charge in [0.15, 0.2) is 10.7 Å². The number of aromatic hydroxyl groups is 1. The Morgan fingerprint density at radius 2 is 1.91 bits per heavy atom. The van der Waals surface area contributed by atoms with Crippen LogP contribution in [0.15, 0.2) is 65.1 Å². The van der Waals surface area contributed by atoms with Gasteiger partial charge in [-0.25, -0.2) is 4.98 Å². The van der Waals surface area contributed by atoms with Crippen molar-refractivity contribution >= 4 is 84.6 Å². The van der Waals surface area contributed by atoms with Crippen molar-refractivity contribution in [2.45, 2.75) is 0 Å². The standard InChI is InChI=1S/C23H13Cl2N3O3S2/c24-11-5-7-13-18(9-11)33-20(19(13)25)21(30)28-23(32)26-12-6-8-16(29)14(10-12)22-27-15-3-1-2-4-17(15)31-22/h1-10,29H,(H2,26,28,30,32). The Kier molecular flexibility index (Phi) is 5.67. The number of thiophene rings is 1. The zero-order valence-electron chi connectivity index (χ0n) is 16.6. The number of benzene rings is 3. The van der Waals surface area contributed by atoms with Crippen LogP contribution in [0.1, 0.15) is 9.67 Å². The maximum absolute atomic E-state index is 12.8. The van der Waals surface area contributed by atoms with Crippen LogP contribution in [0.4, 0.5) is 5.69 Å². The molecule has 33 heavy (non-hydrogen) atoms. The fraction of sp³-hybridized carbons (Fsp3) is 0. The number of aromatic nitrogens is 1. The third-order valence-corrected chi connectivity index (χ3v) is 6.90. The van der Waals surface area contributed by atoms with Crippen LogP contribution in [0, 0.1) is 0 Å². The Bertz CT molecular complexity index is 1530. The van der Waals surface area contributed by atoms with E-state index in [1.165, 1.54) is 17.4 Å². The molecule has 2 heterocycles. The zero-order valence-corrected chi connectivity index (χ0v) is 19.7. The van der Waals surface area contributed by atoms with Crippen molar-refractivity contribution in [1.82, 2.24) is 10.3 Å². The second-order valence-electron chi connectivity index (χ2n) is 7.01. The number of oxazole rings is 1. The maximum Gasteiger partial charge on any atom is 0.269 e. The van der Waals surface area contributed by atoms with Gasteiger partial charge in [0, 0.05) is 20.8 Å². The van der Waals surface area contributed by atoms with Crippen LogP contribution in [0.3, 0.4) is 0 Å². The van der Waals surface area contributed by atoms with Crippen molar-refractivity contribution in [1.29, 1.82) is 0 Å². The van der Waals surface area contributed by atoms with Crippen molar-refractivity contribution in [3.8, 4) is 17.2 Å². The fourth-order valence-corrected chi connectivity index (χ4v) is 5.18. The molecule has 2 aromatic heterocycles. The quantitative estimate of drug-likeness (QED) is 0.180. The monoisotopic (exact) mass is 513 g/mol. The predicted molar refractivity (Wildman–Crippen MR) is 137 cm³/mol. The number of carbonyl (C=O) groups excluding carboxylic acids is 1. The van der Waals surface area contributed by atoms with Crippen molar-refractivity contribution in [2.75, 3.05) is 5.32 Å². The van der Waals surface area contributed by atoms with E-state index in [4.69, 9.17) is 39.8 Å². The molecule has 0 bridgehead atoms. The summed E-state index contributed by atoms with van der Waals surface area (Å²) in [5, 5.41) is 17.6. The minimum Gasteiger partial charge on any atom is -0.507 e. The van der Waals surface area contributed by atoms with Gasteiger partial charge >= 0.3 is 0 Å². The van der Waals surface area contributed by atoms with Gasteiger partial charge in [-0.1, -0.05) is 41.4 Å². The molecule has 3 aromatic carbocycles. The molecule has 0 saturated carbocycles. The predicted octanol–water partition coefficient (Wildman–Crippen LogP) is 6.85. The number of hydrogen-bond acceptors (Lipinski definition) is 6. The molecule has 164 valence electrons. The summed E-state index contributed by atoms with van der Waals surface area (Å²) in [5.41, 5.74) is 2.20. The number of hydrogen-bond donors (Lipinski definition) is 3. The van der Waals surface area contributed by atoms with E-state index in [1.807, 2.05) is 18.2 Å². The van der Waals surface area contributed by atoms with Crippen LogP contribution < -0.4 is 10.6 Å². The second-order valence-corrected chi connectivity index (χ2v) is 9.29. The lowest BCUT2D eigenvalue weighted by atomic mass is 10.1. The van der Waals surface area contributed by atoms with Gasteiger partial charge in [0.2, 0.25) is 5.89 Å². The van der Waals surface area contributed by atoms with E-state index in [2.05, 4.69) is 15.6 Å². The average Bonchev–Trinajstić information content (AvgIpc) is 3.36. The number of phenolic OH excluding ortho intramolecular Hbond substituents is 1. The van der Waals surface area contributed by atoms with Crippen LogP contribution in [-0.2, 0) is 0 Å². The number of nitrogens with zero attached hydrogens (tertiary/aromatic N) is 1. The van der Waals surface area contributed by atoms with Gasteiger partial charge in [-0.05, 0) is 54.7 Å². The van der Waals surface area contributed by atoms with Crippen molar-refractivity contribution in [2.24, 2.45) is 0 Å². The molecular weight excluding hydrogens is 501 g/mol. The van der Waals surface area contributed by atoms with Gasteiger partial charge in [-0.15, -0.1) is 11.3 Å². The molecule has 0 aliphatic carbocycles. The van der Waals surface area contributed by atoms with Gasteiger partial charge in [-0.3, -0.25) is 10.1 Å². The van der Waals surface area contributed by atoms with Crippen molar-refractivity contribution in [3.63, 3.8) is 0 Å². The summed E-state index contributed by atoms with van der Waals surface area (Å²) in [4.78, 5) is 17.5. The number of amides is 1. The molecule has 0 unspecified atom stereocenters. The molecule has 0 fully saturated rings. The normalized spacial score (nSPS) is 11.1. The van der Waals surface area contributed by atoms with Gasteiger partial charge in [-0.2, -0.15) is 0 Å². The highest BCUT2D eigenvalue weighted by Gasteiger charge is 2.19. The lowest BCUT2D eigenvalue weighted by Crippen LogP contribution is -2.33. The molecule has 5 rings (SSSR count). The Morgan fingerprint density at radius 1 is 1.09 bits per heavy atom. The summed E-state index contributed by atoms with van der Waals surface area (Å²) in [6.07, 6.45) is 0. The number of rotatable bonds is 3. The summed E-state index contributed by atoms with van der Waals surface area (Å²) in [6, 6.07) is 17.3. The molecular formula is C23H13Cl2N3O3S2. The van der Waals surface area contributed by atoms with Crippen LogP contribution in [0.25, 0.3) is 32.6 Å². The van der Waals surface area contributed by atoms with Crippen LogP contribution in [0.2, 0.25) is 10.0 Å². The second kappa shape index (κ2) is 8.64. The zero-order chi connectivity index (χ0) is 23.1. The molecule has 6 nitrogen and oxygen atoms in total. The molecule has 3 N–H and O–H groups in total. The molecule has 0 spiro atoms. The molecule has 0 aliphatic rings. The first-order valence-corrected chi connectivity index (χ1v) is 11.6. The van der Waals surface area contributed by atoms with Crippen LogP contribution >= 0.6 is 46.8 Å². The number of carbonyl (C=O) groups is 1. The Hall–Kier alpha value is -3.17. The smallest absolute Gasteiger partial charge is 0.269 e. The van der Waals surface area contributed by atoms with E-state index in [9.17, 15) is 9.90 Å². The van der Waals surface area contributed by atoms with Crippen LogP contribution in [0.5, 0.6) is 5.75 Å². The van der Waals surface area contributed by atoms with E-state index in [0.717, 1.165) is 10.1 Å². The minimum absolute atomic E-state index is 0.00206. The van der Waals surface area contributed by atoms with Crippen molar-refractivity contribution < 1.29 is 14.3 Å². The minimum atomic E-state index is -0.437. The lowest BCUT2D eigenvalue weighted by molar-refractivity contribution is 0.0982. The Morgan fingerprint density at radius 3 is 2.73 bits per heavy atom. The Balaban J connectivity index is 1.35. The van der Waals surface area contributed by atoms with Gasteiger partial charge < -0.3 is 14.8 Å². The van der Waals surface area contributed by atoms with E-state index < -0.39 is 5.91 Å². The van der Waals surface area contributed by atoms with E-state index in [-0.39, 0.29) is 16.8 Å². The maximum atomic E-state index is 12.8. The number of halogens is 2. The third kappa shape index (κ3) is 4.26. The largest absolute Gasteiger partial charge is 0.507 e.